The maximum atomic E-state index is 12.6. The van der Waals surface area contributed by atoms with Crippen LogP contribution in [0.25, 0.3) is 0 Å². The van der Waals surface area contributed by atoms with E-state index in [-0.39, 0.29) is 12.0 Å². The lowest BCUT2D eigenvalue weighted by Gasteiger charge is -2.47. The second-order valence-corrected chi connectivity index (χ2v) is 12.0. The lowest BCUT2D eigenvalue weighted by atomic mass is 9.92. The molecule has 0 aromatic heterocycles. The highest BCUT2D eigenvalue weighted by molar-refractivity contribution is 7.52. The smallest absolute Gasteiger partial charge is 0.323 e. The second kappa shape index (κ2) is 9.97. The minimum absolute atomic E-state index is 0.205. The first kappa shape index (κ1) is 25.8. The summed E-state index contributed by atoms with van der Waals surface area (Å²) in [5, 5.41) is 1.54. The average Bonchev–Trinajstić information content (AvgIpc) is 2.65. The summed E-state index contributed by atoms with van der Waals surface area (Å²) in [6, 6.07) is 20.1. The molecule has 0 aliphatic heterocycles. The molecule has 0 aliphatic rings. The number of rotatable bonds is 8. The van der Waals surface area contributed by atoms with Crippen LogP contribution in [-0.4, -0.2) is 26.2 Å². The van der Waals surface area contributed by atoms with Crippen LogP contribution in [0.1, 0.15) is 78.0 Å². The predicted octanol–water partition coefficient (Wildman–Crippen LogP) is 6.50. The van der Waals surface area contributed by atoms with E-state index in [2.05, 4.69) is 19.1 Å². The monoisotopic (exact) mass is 447 g/mol. The Bertz CT molecular complexity index is 853. The Labute approximate surface area is 187 Å². The third kappa shape index (κ3) is 7.27. The molecule has 0 bridgehead atoms. The molecule has 0 heterocycles. The molecule has 0 aliphatic carbocycles. The van der Waals surface area contributed by atoms with Crippen molar-refractivity contribution < 1.29 is 19.2 Å². The minimum Gasteiger partial charge on any atom is -0.323 e. The molecule has 3 unspecified atom stereocenters. The maximum absolute atomic E-state index is 12.6. The Morgan fingerprint density at radius 1 is 0.871 bits per heavy atom. The number of nitrogens with zero attached hydrogens (tertiary/aromatic N) is 1. The Morgan fingerprint density at radius 2 is 1.32 bits per heavy atom. The van der Waals surface area contributed by atoms with E-state index in [1.807, 2.05) is 90.1 Å². The van der Waals surface area contributed by atoms with Gasteiger partial charge in [-0.25, -0.2) is 0 Å². The van der Waals surface area contributed by atoms with Gasteiger partial charge in [0.05, 0.1) is 0 Å². The standard InChI is InChI=1S/C25H38NO4P/c1-19(20-14-10-8-11-15-20)18-22(21-16-12-9-13-17-21)30-26(25(5,6)7)23(24(2,3)4)31(27,28)29/h8-17,19,22-23H,18H2,1-7H3,(H2,27,28,29). The van der Waals surface area contributed by atoms with Crippen LogP contribution in [0.3, 0.4) is 0 Å². The predicted molar refractivity (Wildman–Crippen MR) is 127 cm³/mol. The van der Waals surface area contributed by atoms with Gasteiger partial charge >= 0.3 is 7.60 Å². The molecule has 31 heavy (non-hydrogen) atoms. The lowest BCUT2D eigenvalue weighted by molar-refractivity contribution is -0.269. The topological polar surface area (TPSA) is 70.0 Å². The van der Waals surface area contributed by atoms with Crippen molar-refractivity contribution in [3.05, 3.63) is 71.8 Å². The number of benzene rings is 2. The molecule has 5 nitrogen and oxygen atoms in total. The highest BCUT2D eigenvalue weighted by atomic mass is 31.2. The van der Waals surface area contributed by atoms with Crippen molar-refractivity contribution in [2.24, 2.45) is 5.41 Å². The van der Waals surface area contributed by atoms with Crippen molar-refractivity contribution in [2.75, 3.05) is 0 Å². The lowest BCUT2D eigenvalue weighted by Crippen LogP contribution is -2.53. The number of hydroxylamine groups is 2. The van der Waals surface area contributed by atoms with Gasteiger partial charge in [-0.05, 0) is 49.7 Å². The molecule has 2 rings (SSSR count). The van der Waals surface area contributed by atoms with E-state index in [0.717, 1.165) is 5.56 Å². The van der Waals surface area contributed by atoms with Crippen LogP contribution in [0.15, 0.2) is 60.7 Å². The number of hydrogen-bond donors (Lipinski definition) is 2. The van der Waals surface area contributed by atoms with Gasteiger partial charge in [-0.3, -0.25) is 9.40 Å². The van der Waals surface area contributed by atoms with Gasteiger partial charge in [0.15, 0.2) is 0 Å². The fourth-order valence-corrected chi connectivity index (χ4v) is 5.54. The average molecular weight is 448 g/mol. The molecular formula is C25H38NO4P. The van der Waals surface area contributed by atoms with Crippen LogP contribution in [0, 0.1) is 5.41 Å². The molecule has 6 heteroatoms. The molecule has 0 radical (unpaired) electrons. The molecule has 0 saturated carbocycles. The van der Waals surface area contributed by atoms with Crippen LogP contribution in [0.5, 0.6) is 0 Å². The zero-order valence-electron chi connectivity index (χ0n) is 19.8. The van der Waals surface area contributed by atoms with Gasteiger partial charge in [0.25, 0.3) is 0 Å². The Morgan fingerprint density at radius 3 is 1.71 bits per heavy atom. The fraction of sp³-hybridized carbons (Fsp3) is 0.520. The van der Waals surface area contributed by atoms with Crippen LogP contribution >= 0.6 is 7.60 Å². The van der Waals surface area contributed by atoms with E-state index in [9.17, 15) is 14.4 Å². The quantitative estimate of drug-likeness (QED) is 0.357. The molecule has 2 aromatic carbocycles. The zero-order chi connectivity index (χ0) is 23.4. The summed E-state index contributed by atoms with van der Waals surface area (Å²) in [6.45, 7) is 13.4. The van der Waals surface area contributed by atoms with Crippen LogP contribution in [-0.2, 0) is 9.40 Å². The van der Waals surface area contributed by atoms with Crippen molar-refractivity contribution in [3.63, 3.8) is 0 Å². The summed E-state index contributed by atoms with van der Waals surface area (Å²) in [6.07, 6.45) is 0.325. The molecule has 3 atom stereocenters. The molecule has 2 aromatic rings. The third-order valence-corrected chi connectivity index (χ3v) is 6.95. The Balaban J connectivity index is 2.47. The summed E-state index contributed by atoms with van der Waals surface area (Å²) in [4.78, 5) is 27.1. The highest BCUT2D eigenvalue weighted by Crippen LogP contribution is 2.53. The molecule has 172 valence electrons. The van der Waals surface area contributed by atoms with Crippen molar-refractivity contribution in [1.29, 1.82) is 0 Å². The SMILES string of the molecule is CC(CC(ON(C(C(C)(C)C)P(=O)(O)O)C(C)(C)C)c1ccccc1)c1ccccc1. The molecule has 2 N–H and O–H groups in total. The summed E-state index contributed by atoms with van der Waals surface area (Å²) < 4.78 is 12.6. The molecular weight excluding hydrogens is 409 g/mol. The van der Waals surface area contributed by atoms with Gasteiger partial charge in [-0.15, -0.1) is 0 Å². The summed E-state index contributed by atoms with van der Waals surface area (Å²) in [5.41, 5.74) is 0.871. The molecule has 0 fully saturated rings. The van der Waals surface area contributed by atoms with E-state index in [0.29, 0.717) is 6.42 Å². The van der Waals surface area contributed by atoms with E-state index in [1.54, 1.807) is 5.06 Å². The van der Waals surface area contributed by atoms with Gasteiger partial charge in [0.2, 0.25) is 0 Å². The fourth-order valence-electron chi connectivity index (χ4n) is 3.86. The molecule has 0 saturated heterocycles. The summed E-state index contributed by atoms with van der Waals surface area (Å²) >= 11 is 0. The van der Waals surface area contributed by atoms with E-state index in [1.165, 1.54) is 5.56 Å². The summed E-state index contributed by atoms with van der Waals surface area (Å²) in [5.74, 6) is -0.880. The first-order chi connectivity index (χ1) is 14.2. The van der Waals surface area contributed by atoms with Crippen molar-refractivity contribution in [3.8, 4) is 0 Å². The highest BCUT2D eigenvalue weighted by Gasteiger charge is 2.49. The molecule has 0 amide bonds. The van der Waals surface area contributed by atoms with E-state index in [4.69, 9.17) is 4.84 Å². The zero-order valence-corrected chi connectivity index (χ0v) is 20.7. The molecule has 0 spiro atoms. The number of hydrogen-bond acceptors (Lipinski definition) is 3. The largest absolute Gasteiger partial charge is 0.345 e. The van der Waals surface area contributed by atoms with Crippen LogP contribution in [0.2, 0.25) is 0 Å². The Kier molecular flexibility index (Phi) is 8.29. The van der Waals surface area contributed by atoms with E-state index < -0.39 is 24.3 Å². The first-order valence-electron chi connectivity index (χ1n) is 10.8. The van der Waals surface area contributed by atoms with Gasteiger partial charge in [-0.2, -0.15) is 5.06 Å². The second-order valence-electron chi connectivity index (χ2n) is 10.4. The normalized spacial score (nSPS) is 16.2. The third-order valence-electron chi connectivity index (χ3n) is 5.32. The van der Waals surface area contributed by atoms with Gasteiger partial charge in [0.1, 0.15) is 11.9 Å². The van der Waals surface area contributed by atoms with Crippen LogP contribution < -0.4 is 0 Å². The first-order valence-corrected chi connectivity index (χ1v) is 12.5. The van der Waals surface area contributed by atoms with Crippen LogP contribution in [0.4, 0.5) is 0 Å². The van der Waals surface area contributed by atoms with Gasteiger partial charge in [0, 0.05) is 5.54 Å². The Hall–Kier alpha value is -1.49. The van der Waals surface area contributed by atoms with Gasteiger partial charge < -0.3 is 9.79 Å². The minimum atomic E-state index is -4.49. The van der Waals surface area contributed by atoms with Crippen molar-refractivity contribution in [2.45, 2.75) is 78.2 Å². The van der Waals surface area contributed by atoms with Crippen molar-refractivity contribution in [1.82, 2.24) is 5.06 Å². The summed E-state index contributed by atoms with van der Waals surface area (Å²) in [7, 11) is -4.49. The van der Waals surface area contributed by atoms with Crippen molar-refractivity contribution >= 4 is 7.60 Å². The van der Waals surface area contributed by atoms with E-state index >= 15 is 0 Å². The van der Waals surface area contributed by atoms with Gasteiger partial charge in [-0.1, -0.05) is 88.4 Å². The maximum Gasteiger partial charge on any atom is 0.345 e.